The van der Waals surface area contributed by atoms with E-state index in [1.807, 2.05) is 18.2 Å². The second-order valence-electron chi connectivity index (χ2n) is 9.14. The summed E-state index contributed by atoms with van der Waals surface area (Å²) in [7, 11) is 0. The number of benzene rings is 2. The number of hydrogen-bond acceptors (Lipinski definition) is 3. The summed E-state index contributed by atoms with van der Waals surface area (Å²) in [5, 5.41) is 3.07. The standard InChI is InChI=1S/C27H28N2O3/c1-4-16-7-6-8-17(5-2)24(16)28-25(30)18-9-11-20(12-10-18)29-26(31)22-19-13-15(3)21(14-19)23(22)27(29)32/h6-13,19,21-23H,4-5,14H2,1-3H3,(H,28,30)/t19-,21+,22+,23+/m0/s1. The number of allylic oxidation sites excluding steroid dienone is 2. The smallest absolute Gasteiger partial charge is 0.255 e. The molecule has 2 aliphatic carbocycles. The van der Waals surface area contributed by atoms with Crippen LogP contribution in [0.4, 0.5) is 11.4 Å². The molecule has 5 heteroatoms. The summed E-state index contributed by atoms with van der Waals surface area (Å²) in [5.74, 6) is -0.457. The molecule has 0 unspecified atom stereocenters. The van der Waals surface area contributed by atoms with Gasteiger partial charge in [0.2, 0.25) is 11.8 Å². The van der Waals surface area contributed by atoms with Crippen molar-refractivity contribution in [2.45, 2.75) is 40.0 Å². The van der Waals surface area contributed by atoms with Gasteiger partial charge < -0.3 is 5.32 Å². The van der Waals surface area contributed by atoms with E-state index in [4.69, 9.17) is 0 Å². The molecule has 2 aromatic rings. The van der Waals surface area contributed by atoms with E-state index in [-0.39, 0.29) is 41.4 Å². The van der Waals surface area contributed by atoms with Gasteiger partial charge in [-0.25, -0.2) is 0 Å². The highest BCUT2D eigenvalue weighted by Crippen LogP contribution is 2.55. The van der Waals surface area contributed by atoms with Gasteiger partial charge in [-0.2, -0.15) is 0 Å². The summed E-state index contributed by atoms with van der Waals surface area (Å²) in [5.41, 5.74) is 5.37. The molecule has 1 N–H and O–H groups in total. The normalized spacial score (nSPS) is 25.8. The lowest BCUT2D eigenvalue weighted by molar-refractivity contribution is -0.123. The number of anilines is 2. The molecule has 1 heterocycles. The molecule has 0 spiro atoms. The minimum absolute atomic E-state index is 0.0957. The van der Waals surface area contributed by atoms with Gasteiger partial charge in [-0.05, 0) is 73.4 Å². The van der Waals surface area contributed by atoms with Crippen molar-refractivity contribution >= 4 is 29.1 Å². The molecule has 0 radical (unpaired) electrons. The van der Waals surface area contributed by atoms with Gasteiger partial charge >= 0.3 is 0 Å². The van der Waals surface area contributed by atoms with Crippen LogP contribution in [0.3, 0.4) is 0 Å². The van der Waals surface area contributed by atoms with Gasteiger partial charge in [0, 0.05) is 11.3 Å². The summed E-state index contributed by atoms with van der Waals surface area (Å²) in [6, 6.07) is 12.9. The topological polar surface area (TPSA) is 66.5 Å². The van der Waals surface area contributed by atoms with Crippen LogP contribution in [0.1, 0.15) is 48.7 Å². The Kier molecular flexibility index (Phi) is 5.00. The van der Waals surface area contributed by atoms with Crippen LogP contribution in [0.5, 0.6) is 0 Å². The van der Waals surface area contributed by atoms with Crippen molar-refractivity contribution in [3.05, 3.63) is 70.8 Å². The average molecular weight is 429 g/mol. The monoisotopic (exact) mass is 428 g/mol. The summed E-state index contributed by atoms with van der Waals surface area (Å²) >= 11 is 0. The molecule has 4 atom stereocenters. The Bertz CT molecular complexity index is 1130. The van der Waals surface area contributed by atoms with E-state index >= 15 is 0 Å². The maximum absolute atomic E-state index is 13.1. The third-order valence-corrected chi connectivity index (χ3v) is 7.51. The van der Waals surface area contributed by atoms with E-state index < -0.39 is 0 Å². The van der Waals surface area contributed by atoms with Crippen LogP contribution in [0.25, 0.3) is 0 Å². The highest BCUT2D eigenvalue weighted by atomic mass is 16.2. The Morgan fingerprint density at radius 3 is 2.22 bits per heavy atom. The number of hydrogen-bond donors (Lipinski definition) is 1. The third-order valence-electron chi connectivity index (χ3n) is 7.51. The number of rotatable bonds is 5. The zero-order valence-electron chi connectivity index (χ0n) is 18.7. The zero-order valence-corrected chi connectivity index (χ0v) is 18.7. The number of carbonyl (C=O) groups excluding carboxylic acids is 3. The highest BCUT2D eigenvalue weighted by molar-refractivity contribution is 6.23. The van der Waals surface area contributed by atoms with Gasteiger partial charge in [0.15, 0.2) is 0 Å². The molecule has 2 bridgehead atoms. The van der Waals surface area contributed by atoms with E-state index in [0.29, 0.717) is 11.3 Å². The number of amides is 3. The number of imide groups is 1. The van der Waals surface area contributed by atoms with E-state index in [1.54, 1.807) is 24.3 Å². The predicted octanol–water partition coefficient (Wildman–Crippen LogP) is 4.77. The van der Waals surface area contributed by atoms with Crippen molar-refractivity contribution in [2.24, 2.45) is 23.7 Å². The number of fused-ring (bicyclic) bond motifs is 5. The van der Waals surface area contributed by atoms with Gasteiger partial charge in [0.1, 0.15) is 0 Å². The molecule has 5 nitrogen and oxygen atoms in total. The minimum Gasteiger partial charge on any atom is -0.321 e. The second-order valence-corrected chi connectivity index (χ2v) is 9.14. The van der Waals surface area contributed by atoms with Crippen molar-refractivity contribution in [3.8, 4) is 0 Å². The van der Waals surface area contributed by atoms with Crippen molar-refractivity contribution in [1.82, 2.24) is 0 Å². The van der Waals surface area contributed by atoms with Crippen molar-refractivity contribution < 1.29 is 14.4 Å². The first-order valence-corrected chi connectivity index (χ1v) is 11.5. The molecule has 3 amide bonds. The van der Waals surface area contributed by atoms with Crippen molar-refractivity contribution in [1.29, 1.82) is 0 Å². The first kappa shape index (κ1) is 20.7. The number of carbonyl (C=O) groups is 3. The first-order chi connectivity index (χ1) is 15.4. The summed E-state index contributed by atoms with van der Waals surface area (Å²) in [6.45, 7) is 6.21. The fourth-order valence-electron chi connectivity index (χ4n) is 5.88. The van der Waals surface area contributed by atoms with Gasteiger partial charge in [0.25, 0.3) is 5.91 Å². The highest BCUT2D eigenvalue weighted by Gasteiger charge is 2.60. The summed E-state index contributed by atoms with van der Waals surface area (Å²) in [6.07, 6.45) is 4.76. The van der Waals surface area contributed by atoms with E-state index in [2.05, 4.69) is 32.2 Å². The lowest BCUT2D eigenvalue weighted by Gasteiger charge is -2.19. The molecule has 1 aliphatic heterocycles. The fourth-order valence-corrected chi connectivity index (χ4v) is 5.88. The number of nitrogens with zero attached hydrogens (tertiary/aromatic N) is 1. The number of para-hydroxylation sites is 1. The van der Waals surface area contributed by atoms with E-state index in [1.165, 1.54) is 10.5 Å². The quantitative estimate of drug-likeness (QED) is 0.551. The average Bonchev–Trinajstić information content (AvgIpc) is 3.44. The molecule has 0 aromatic heterocycles. The lowest BCUT2D eigenvalue weighted by atomic mass is 9.82. The molecule has 1 saturated carbocycles. The summed E-state index contributed by atoms with van der Waals surface area (Å²) < 4.78 is 0. The van der Waals surface area contributed by atoms with Crippen LogP contribution in [-0.4, -0.2) is 17.7 Å². The number of nitrogens with one attached hydrogen (secondary N) is 1. The molecular formula is C27H28N2O3. The Balaban J connectivity index is 1.36. The third kappa shape index (κ3) is 3.02. The molecule has 1 saturated heterocycles. The van der Waals surface area contributed by atoms with Crippen molar-refractivity contribution in [3.63, 3.8) is 0 Å². The Morgan fingerprint density at radius 2 is 1.59 bits per heavy atom. The van der Waals surface area contributed by atoms with E-state index in [9.17, 15) is 14.4 Å². The molecule has 3 aliphatic rings. The van der Waals surface area contributed by atoms with Crippen LogP contribution in [0.15, 0.2) is 54.1 Å². The molecule has 32 heavy (non-hydrogen) atoms. The van der Waals surface area contributed by atoms with E-state index in [0.717, 1.165) is 36.1 Å². The second kappa shape index (κ2) is 7.73. The van der Waals surface area contributed by atoms with Gasteiger partial charge in [-0.15, -0.1) is 0 Å². The molecule has 164 valence electrons. The Hall–Kier alpha value is -3.21. The van der Waals surface area contributed by atoms with Crippen LogP contribution < -0.4 is 10.2 Å². The Labute approximate surface area is 188 Å². The molecule has 5 rings (SSSR count). The SMILES string of the molecule is CCc1cccc(CC)c1NC(=O)c1ccc(N2C(=O)[C@H]3[C@H](C2=O)[C@H]2C=C(C)[C@H]3C2)cc1. The van der Waals surface area contributed by atoms with Crippen LogP contribution >= 0.6 is 0 Å². The maximum Gasteiger partial charge on any atom is 0.255 e. The van der Waals surface area contributed by atoms with Crippen molar-refractivity contribution in [2.75, 3.05) is 10.2 Å². The first-order valence-electron chi connectivity index (χ1n) is 11.5. The van der Waals surface area contributed by atoms with Crippen LogP contribution in [0.2, 0.25) is 0 Å². The molecular weight excluding hydrogens is 400 g/mol. The number of aryl methyl sites for hydroxylation is 2. The maximum atomic E-state index is 13.1. The zero-order chi connectivity index (χ0) is 22.6. The van der Waals surface area contributed by atoms with Gasteiger partial charge in [-0.1, -0.05) is 43.7 Å². The van der Waals surface area contributed by atoms with Crippen LogP contribution in [0, 0.1) is 23.7 Å². The lowest BCUT2D eigenvalue weighted by Crippen LogP contribution is -2.33. The molecule has 2 aromatic carbocycles. The van der Waals surface area contributed by atoms with Gasteiger partial charge in [0.05, 0.1) is 17.5 Å². The predicted molar refractivity (Wildman–Crippen MR) is 124 cm³/mol. The van der Waals surface area contributed by atoms with Crippen LogP contribution in [-0.2, 0) is 22.4 Å². The van der Waals surface area contributed by atoms with Gasteiger partial charge in [-0.3, -0.25) is 19.3 Å². The fraction of sp³-hybridized carbons (Fsp3) is 0.370. The Morgan fingerprint density at radius 1 is 0.969 bits per heavy atom. The summed E-state index contributed by atoms with van der Waals surface area (Å²) in [4.78, 5) is 40.5. The molecule has 2 fully saturated rings. The largest absolute Gasteiger partial charge is 0.321 e. The minimum atomic E-state index is -0.225.